The molecule has 3 amide bonds. The number of nitrogens with zero attached hydrogens (tertiary/aromatic N) is 1. The molecular formula is C16H16BrN3O3S2. The van der Waals surface area contributed by atoms with Crippen molar-refractivity contribution in [3.05, 3.63) is 43.2 Å². The predicted molar refractivity (Wildman–Crippen MR) is 100 cm³/mol. The lowest BCUT2D eigenvalue weighted by molar-refractivity contribution is -0.138. The van der Waals surface area contributed by atoms with Crippen molar-refractivity contribution in [3.63, 3.8) is 0 Å². The van der Waals surface area contributed by atoms with Gasteiger partial charge in [-0.05, 0) is 52.4 Å². The SMILES string of the molecule is O=C(NNC(=O)C1CCCN1C(=O)Cc1cccs1)c1ccc(Br)s1. The second-order valence-electron chi connectivity index (χ2n) is 5.55. The number of carbonyl (C=O) groups excluding carboxylic acids is 3. The topological polar surface area (TPSA) is 78.5 Å². The summed E-state index contributed by atoms with van der Waals surface area (Å²) in [5.41, 5.74) is 4.85. The van der Waals surface area contributed by atoms with Crippen molar-refractivity contribution in [1.82, 2.24) is 15.8 Å². The van der Waals surface area contributed by atoms with Gasteiger partial charge in [0.2, 0.25) is 5.91 Å². The first kappa shape index (κ1) is 18.1. The molecule has 2 N–H and O–H groups in total. The molecule has 0 aliphatic carbocycles. The predicted octanol–water partition coefficient (Wildman–Crippen LogP) is 2.57. The van der Waals surface area contributed by atoms with Gasteiger partial charge in [0.05, 0.1) is 15.1 Å². The number of carbonyl (C=O) groups is 3. The molecule has 3 rings (SSSR count). The summed E-state index contributed by atoms with van der Waals surface area (Å²) in [6.45, 7) is 0.564. The number of amides is 3. The molecule has 0 spiro atoms. The molecule has 1 fully saturated rings. The van der Waals surface area contributed by atoms with Crippen LogP contribution >= 0.6 is 38.6 Å². The fourth-order valence-corrected chi connectivity index (χ4v) is 4.68. The normalized spacial score (nSPS) is 16.7. The number of hydrogen-bond donors (Lipinski definition) is 2. The average molecular weight is 442 g/mol. The maximum Gasteiger partial charge on any atom is 0.279 e. The smallest absolute Gasteiger partial charge is 0.279 e. The third kappa shape index (κ3) is 4.47. The van der Waals surface area contributed by atoms with Crippen LogP contribution in [0, 0.1) is 0 Å². The Balaban J connectivity index is 1.55. The molecule has 2 aromatic rings. The van der Waals surface area contributed by atoms with Crippen molar-refractivity contribution in [2.24, 2.45) is 0 Å². The van der Waals surface area contributed by atoms with Crippen LogP contribution in [0.2, 0.25) is 0 Å². The van der Waals surface area contributed by atoms with Crippen molar-refractivity contribution < 1.29 is 14.4 Å². The zero-order valence-electron chi connectivity index (χ0n) is 13.2. The van der Waals surface area contributed by atoms with Crippen molar-refractivity contribution in [1.29, 1.82) is 0 Å². The molecule has 1 aliphatic heterocycles. The summed E-state index contributed by atoms with van der Waals surface area (Å²) in [6, 6.07) is 6.71. The molecule has 1 saturated heterocycles. The number of halogens is 1. The van der Waals surface area contributed by atoms with Crippen LogP contribution in [-0.4, -0.2) is 35.2 Å². The third-order valence-corrected chi connectivity index (χ3v) is 6.38. The molecule has 0 radical (unpaired) electrons. The van der Waals surface area contributed by atoms with Gasteiger partial charge in [-0.15, -0.1) is 22.7 Å². The first-order valence-electron chi connectivity index (χ1n) is 7.72. The molecule has 0 saturated carbocycles. The first-order valence-corrected chi connectivity index (χ1v) is 10.2. The van der Waals surface area contributed by atoms with Gasteiger partial charge in [-0.3, -0.25) is 25.2 Å². The van der Waals surface area contributed by atoms with E-state index in [-0.39, 0.29) is 17.7 Å². The maximum absolute atomic E-state index is 12.5. The van der Waals surface area contributed by atoms with Gasteiger partial charge in [0, 0.05) is 11.4 Å². The van der Waals surface area contributed by atoms with E-state index in [0.717, 1.165) is 15.1 Å². The molecule has 132 valence electrons. The van der Waals surface area contributed by atoms with E-state index in [1.54, 1.807) is 17.0 Å². The van der Waals surface area contributed by atoms with Gasteiger partial charge in [0.15, 0.2) is 0 Å². The molecule has 0 aromatic carbocycles. The molecule has 6 nitrogen and oxygen atoms in total. The van der Waals surface area contributed by atoms with Gasteiger partial charge in [0.1, 0.15) is 6.04 Å². The van der Waals surface area contributed by atoms with E-state index in [2.05, 4.69) is 26.8 Å². The Bertz CT molecular complexity index is 775. The second kappa shape index (κ2) is 8.11. The molecule has 0 bridgehead atoms. The number of hydrazine groups is 1. The zero-order chi connectivity index (χ0) is 17.8. The fourth-order valence-electron chi connectivity index (χ4n) is 2.70. The molecule has 25 heavy (non-hydrogen) atoms. The Hall–Kier alpha value is -1.71. The van der Waals surface area contributed by atoms with E-state index in [4.69, 9.17) is 0 Å². The minimum Gasteiger partial charge on any atom is -0.330 e. The summed E-state index contributed by atoms with van der Waals surface area (Å²) in [5, 5.41) is 1.93. The van der Waals surface area contributed by atoms with E-state index >= 15 is 0 Å². The fraction of sp³-hybridized carbons (Fsp3) is 0.312. The van der Waals surface area contributed by atoms with Crippen LogP contribution in [0.3, 0.4) is 0 Å². The lowest BCUT2D eigenvalue weighted by atomic mass is 10.2. The van der Waals surface area contributed by atoms with Crippen molar-refractivity contribution in [2.45, 2.75) is 25.3 Å². The van der Waals surface area contributed by atoms with Crippen molar-refractivity contribution >= 4 is 56.3 Å². The van der Waals surface area contributed by atoms with Crippen molar-refractivity contribution in [2.75, 3.05) is 6.54 Å². The van der Waals surface area contributed by atoms with Gasteiger partial charge in [-0.2, -0.15) is 0 Å². The van der Waals surface area contributed by atoms with E-state index in [1.807, 2.05) is 17.5 Å². The van der Waals surface area contributed by atoms with E-state index < -0.39 is 6.04 Å². The van der Waals surface area contributed by atoms with Gasteiger partial charge in [-0.1, -0.05) is 6.07 Å². The van der Waals surface area contributed by atoms with Gasteiger partial charge in [-0.25, -0.2) is 0 Å². The average Bonchev–Trinajstić information content (AvgIpc) is 3.33. The molecule has 9 heteroatoms. The van der Waals surface area contributed by atoms with E-state index in [1.165, 1.54) is 22.7 Å². The molecule has 1 aliphatic rings. The second-order valence-corrected chi connectivity index (χ2v) is 9.04. The highest BCUT2D eigenvalue weighted by Gasteiger charge is 2.34. The van der Waals surface area contributed by atoms with Gasteiger partial charge >= 0.3 is 0 Å². The Kier molecular flexibility index (Phi) is 5.87. The molecular weight excluding hydrogens is 426 g/mol. The summed E-state index contributed by atoms with van der Waals surface area (Å²) in [6.07, 6.45) is 1.68. The summed E-state index contributed by atoms with van der Waals surface area (Å²) in [5.74, 6) is -0.798. The Labute approximate surface area is 161 Å². The third-order valence-electron chi connectivity index (χ3n) is 3.88. The minimum atomic E-state index is -0.539. The van der Waals surface area contributed by atoms with Crippen LogP contribution in [0.25, 0.3) is 0 Å². The maximum atomic E-state index is 12.5. The molecule has 1 atom stereocenters. The van der Waals surface area contributed by atoms with Crippen LogP contribution in [-0.2, 0) is 16.0 Å². The number of likely N-dealkylation sites (tertiary alicyclic amines) is 1. The quantitative estimate of drug-likeness (QED) is 0.715. The first-order chi connectivity index (χ1) is 12.0. The number of nitrogens with one attached hydrogen (secondary N) is 2. The molecule has 2 aromatic heterocycles. The highest BCUT2D eigenvalue weighted by Crippen LogP contribution is 2.22. The Morgan fingerprint density at radius 1 is 1.24 bits per heavy atom. The highest BCUT2D eigenvalue weighted by atomic mass is 79.9. The monoisotopic (exact) mass is 441 g/mol. The summed E-state index contributed by atoms with van der Waals surface area (Å²) >= 11 is 6.09. The van der Waals surface area contributed by atoms with Crippen LogP contribution < -0.4 is 10.9 Å². The number of rotatable bonds is 4. The lowest BCUT2D eigenvalue weighted by Crippen LogP contribution is -2.51. The molecule has 1 unspecified atom stereocenters. The van der Waals surface area contributed by atoms with Crippen molar-refractivity contribution in [3.8, 4) is 0 Å². The Morgan fingerprint density at radius 3 is 2.76 bits per heavy atom. The van der Waals surface area contributed by atoms with Crippen LogP contribution in [0.15, 0.2) is 33.4 Å². The standard InChI is InChI=1S/C16H16BrN3O3S2/c17-13-6-5-12(25-13)16(23)19-18-15(22)11-4-1-7-20(11)14(21)9-10-3-2-8-24-10/h2-3,5-6,8,11H,1,4,7,9H2,(H,18,22)(H,19,23). The summed E-state index contributed by atoms with van der Waals surface area (Å²) in [7, 11) is 0. The number of hydrogen-bond acceptors (Lipinski definition) is 5. The summed E-state index contributed by atoms with van der Waals surface area (Å²) < 4.78 is 0.838. The summed E-state index contributed by atoms with van der Waals surface area (Å²) in [4.78, 5) is 39.9. The lowest BCUT2D eigenvalue weighted by Gasteiger charge is -2.23. The van der Waals surface area contributed by atoms with Crippen LogP contribution in [0.1, 0.15) is 27.4 Å². The van der Waals surface area contributed by atoms with E-state index in [0.29, 0.717) is 24.3 Å². The van der Waals surface area contributed by atoms with Gasteiger partial charge < -0.3 is 4.90 Å². The molecule has 3 heterocycles. The highest BCUT2D eigenvalue weighted by molar-refractivity contribution is 9.11. The van der Waals surface area contributed by atoms with Gasteiger partial charge in [0.25, 0.3) is 11.8 Å². The van der Waals surface area contributed by atoms with Crippen LogP contribution in [0.4, 0.5) is 0 Å². The largest absolute Gasteiger partial charge is 0.330 e. The van der Waals surface area contributed by atoms with E-state index in [9.17, 15) is 14.4 Å². The zero-order valence-corrected chi connectivity index (χ0v) is 16.4. The Morgan fingerprint density at radius 2 is 2.08 bits per heavy atom. The minimum absolute atomic E-state index is 0.0615. The van der Waals surface area contributed by atoms with Crippen LogP contribution in [0.5, 0.6) is 0 Å². The number of thiophene rings is 2.